The lowest BCUT2D eigenvalue weighted by Gasteiger charge is -2.08. The van der Waals surface area contributed by atoms with Crippen molar-refractivity contribution in [3.8, 4) is 5.75 Å². The predicted octanol–water partition coefficient (Wildman–Crippen LogP) is 4.67. The molecule has 146 valence electrons. The number of carbonyl (C=O) groups excluding carboxylic acids is 2. The van der Waals surface area contributed by atoms with Gasteiger partial charge in [-0.3, -0.25) is 9.59 Å². The maximum atomic E-state index is 11.9. The van der Waals surface area contributed by atoms with E-state index in [9.17, 15) is 9.59 Å². The zero-order chi connectivity index (χ0) is 19.0. The smallest absolute Gasteiger partial charge is 0.313 e. The van der Waals surface area contributed by atoms with Crippen molar-refractivity contribution in [3.63, 3.8) is 0 Å². The van der Waals surface area contributed by atoms with E-state index in [2.05, 4.69) is 17.6 Å². The highest BCUT2D eigenvalue weighted by molar-refractivity contribution is 6.39. The van der Waals surface area contributed by atoms with E-state index in [1.165, 1.54) is 51.4 Å². The summed E-state index contributed by atoms with van der Waals surface area (Å²) in [7, 11) is 1.56. The highest BCUT2D eigenvalue weighted by atomic mass is 16.5. The van der Waals surface area contributed by atoms with Gasteiger partial charge in [0.1, 0.15) is 5.75 Å². The van der Waals surface area contributed by atoms with Crippen molar-refractivity contribution in [3.05, 3.63) is 24.3 Å². The molecular weight excluding hydrogens is 328 g/mol. The molecule has 1 rings (SSSR count). The molecule has 0 aliphatic heterocycles. The highest BCUT2D eigenvalue weighted by Crippen LogP contribution is 2.16. The Morgan fingerprint density at radius 1 is 0.885 bits per heavy atom. The third-order valence-corrected chi connectivity index (χ3v) is 4.35. The number of methoxy groups -OCH3 is 1. The number of nitrogens with one attached hydrogen (secondary N) is 2. The van der Waals surface area contributed by atoms with Crippen LogP contribution in [0.3, 0.4) is 0 Å². The summed E-state index contributed by atoms with van der Waals surface area (Å²) in [5.41, 5.74) is 0.545. The Bertz CT molecular complexity index is 532. The molecular formula is C21H34N2O3. The Kier molecular flexibility index (Phi) is 12.0. The molecule has 0 saturated carbocycles. The maximum absolute atomic E-state index is 11.9. The van der Waals surface area contributed by atoms with Crippen LogP contribution in [0.15, 0.2) is 24.3 Å². The number of anilines is 1. The van der Waals surface area contributed by atoms with E-state index in [4.69, 9.17) is 4.74 Å². The van der Waals surface area contributed by atoms with Crippen LogP contribution in [-0.2, 0) is 9.59 Å². The molecule has 0 heterocycles. The topological polar surface area (TPSA) is 67.4 Å². The normalized spacial score (nSPS) is 10.4. The van der Waals surface area contributed by atoms with Gasteiger partial charge in [-0.25, -0.2) is 0 Å². The largest absolute Gasteiger partial charge is 0.497 e. The van der Waals surface area contributed by atoms with E-state index in [-0.39, 0.29) is 0 Å². The van der Waals surface area contributed by atoms with E-state index >= 15 is 0 Å². The fraction of sp³-hybridized carbons (Fsp3) is 0.619. The van der Waals surface area contributed by atoms with E-state index in [1.54, 1.807) is 31.4 Å². The second kappa shape index (κ2) is 14.2. The van der Waals surface area contributed by atoms with Gasteiger partial charge in [0.15, 0.2) is 0 Å². The number of hydrogen-bond donors (Lipinski definition) is 2. The van der Waals surface area contributed by atoms with Crippen LogP contribution in [0.1, 0.15) is 71.1 Å². The molecule has 1 aromatic carbocycles. The van der Waals surface area contributed by atoms with Gasteiger partial charge in [-0.1, -0.05) is 70.8 Å². The maximum Gasteiger partial charge on any atom is 0.313 e. The van der Waals surface area contributed by atoms with Crippen LogP contribution in [0.2, 0.25) is 0 Å². The zero-order valence-electron chi connectivity index (χ0n) is 16.3. The molecule has 5 heteroatoms. The van der Waals surface area contributed by atoms with E-state index in [0.29, 0.717) is 18.0 Å². The summed E-state index contributed by atoms with van der Waals surface area (Å²) in [6.07, 6.45) is 12.5. The van der Waals surface area contributed by atoms with Crippen LogP contribution in [0.5, 0.6) is 5.75 Å². The molecule has 0 aliphatic rings. The standard InChI is InChI=1S/C21H34N2O3/c1-3-4-5-6-7-8-9-10-11-12-16-22-20(24)21(25)23-18-14-13-15-19(17-18)26-2/h13-15,17H,3-12,16H2,1-2H3,(H,22,24)(H,23,25). The van der Waals surface area contributed by atoms with Crippen LogP contribution in [0.4, 0.5) is 5.69 Å². The number of benzene rings is 1. The Morgan fingerprint density at radius 2 is 1.50 bits per heavy atom. The van der Waals surface area contributed by atoms with E-state index in [0.717, 1.165) is 12.8 Å². The zero-order valence-corrected chi connectivity index (χ0v) is 16.3. The second-order valence-corrected chi connectivity index (χ2v) is 6.62. The number of carbonyl (C=O) groups is 2. The van der Waals surface area contributed by atoms with Crippen LogP contribution >= 0.6 is 0 Å². The summed E-state index contributed by atoms with van der Waals surface area (Å²) in [5, 5.41) is 5.25. The second-order valence-electron chi connectivity index (χ2n) is 6.62. The Balaban J connectivity index is 2.04. The van der Waals surface area contributed by atoms with Crippen LogP contribution < -0.4 is 15.4 Å². The summed E-state index contributed by atoms with van der Waals surface area (Å²) < 4.78 is 5.09. The quantitative estimate of drug-likeness (QED) is 0.396. The molecule has 1 aromatic rings. The summed E-state index contributed by atoms with van der Waals surface area (Å²) in [6, 6.07) is 6.93. The SMILES string of the molecule is CCCCCCCCCCCCNC(=O)C(=O)Nc1cccc(OC)c1. The molecule has 0 radical (unpaired) electrons. The van der Waals surface area contributed by atoms with E-state index in [1.807, 2.05) is 0 Å². The number of rotatable bonds is 13. The van der Waals surface area contributed by atoms with Gasteiger partial charge < -0.3 is 15.4 Å². The molecule has 0 fully saturated rings. The van der Waals surface area contributed by atoms with Crippen molar-refractivity contribution in [2.45, 2.75) is 71.1 Å². The number of hydrogen-bond acceptors (Lipinski definition) is 3. The number of unbranched alkanes of at least 4 members (excludes halogenated alkanes) is 9. The first-order valence-electron chi connectivity index (χ1n) is 9.90. The van der Waals surface area contributed by atoms with E-state index < -0.39 is 11.8 Å². The van der Waals surface area contributed by atoms with Crippen molar-refractivity contribution in [1.29, 1.82) is 0 Å². The van der Waals surface area contributed by atoms with Crippen LogP contribution in [0.25, 0.3) is 0 Å². The first-order chi connectivity index (χ1) is 12.7. The lowest BCUT2D eigenvalue weighted by Crippen LogP contribution is -2.35. The first kappa shape index (κ1) is 22.0. The van der Waals surface area contributed by atoms with Gasteiger partial charge in [0.2, 0.25) is 0 Å². The van der Waals surface area contributed by atoms with Crippen molar-refractivity contribution >= 4 is 17.5 Å². The molecule has 5 nitrogen and oxygen atoms in total. The average molecular weight is 363 g/mol. The molecule has 0 unspecified atom stereocenters. The van der Waals surface area contributed by atoms with Crippen LogP contribution in [-0.4, -0.2) is 25.5 Å². The van der Waals surface area contributed by atoms with Gasteiger partial charge in [-0.15, -0.1) is 0 Å². The first-order valence-corrected chi connectivity index (χ1v) is 9.90. The Morgan fingerprint density at radius 3 is 2.12 bits per heavy atom. The van der Waals surface area contributed by atoms with Crippen molar-refractivity contribution < 1.29 is 14.3 Å². The minimum absolute atomic E-state index is 0.543. The van der Waals surface area contributed by atoms with Gasteiger partial charge >= 0.3 is 11.8 Å². The number of ether oxygens (including phenoxy) is 1. The minimum Gasteiger partial charge on any atom is -0.497 e. The summed E-state index contributed by atoms with van der Waals surface area (Å²) in [6.45, 7) is 2.78. The molecule has 0 atom stereocenters. The van der Waals surface area contributed by atoms with Crippen LogP contribution in [0, 0.1) is 0 Å². The summed E-state index contributed by atoms with van der Waals surface area (Å²) in [4.78, 5) is 23.7. The average Bonchev–Trinajstić information content (AvgIpc) is 2.66. The molecule has 0 saturated heterocycles. The van der Waals surface area contributed by atoms with Gasteiger partial charge in [-0.2, -0.15) is 0 Å². The van der Waals surface area contributed by atoms with Crippen molar-refractivity contribution in [2.24, 2.45) is 0 Å². The molecule has 0 spiro atoms. The molecule has 0 aromatic heterocycles. The highest BCUT2D eigenvalue weighted by Gasteiger charge is 2.13. The summed E-state index contributed by atoms with van der Waals surface area (Å²) in [5.74, 6) is -0.609. The molecule has 0 aliphatic carbocycles. The molecule has 0 bridgehead atoms. The monoisotopic (exact) mass is 362 g/mol. The lowest BCUT2D eigenvalue weighted by molar-refractivity contribution is -0.136. The number of amides is 2. The Hall–Kier alpha value is -2.04. The Labute approximate surface area is 157 Å². The van der Waals surface area contributed by atoms with Gasteiger partial charge in [-0.05, 0) is 18.6 Å². The van der Waals surface area contributed by atoms with Gasteiger partial charge in [0.25, 0.3) is 0 Å². The van der Waals surface area contributed by atoms with Gasteiger partial charge in [0.05, 0.1) is 7.11 Å². The fourth-order valence-corrected chi connectivity index (χ4v) is 2.78. The fourth-order valence-electron chi connectivity index (χ4n) is 2.78. The van der Waals surface area contributed by atoms with Gasteiger partial charge in [0, 0.05) is 18.3 Å². The van der Waals surface area contributed by atoms with Crippen molar-refractivity contribution in [1.82, 2.24) is 5.32 Å². The minimum atomic E-state index is -0.648. The third kappa shape index (κ3) is 10.1. The molecule has 26 heavy (non-hydrogen) atoms. The predicted molar refractivity (Wildman–Crippen MR) is 106 cm³/mol. The lowest BCUT2D eigenvalue weighted by atomic mass is 10.1. The van der Waals surface area contributed by atoms with Crippen molar-refractivity contribution in [2.75, 3.05) is 19.0 Å². The molecule has 2 N–H and O–H groups in total. The summed E-state index contributed by atoms with van der Waals surface area (Å²) >= 11 is 0. The third-order valence-electron chi connectivity index (χ3n) is 4.35. The molecule has 2 amide bonds.